The van der Waals surface area contributed by atoms with Crippen LogP contribution in [0.4, 0.5) is 17.6 Å². The SMILES string of the molecule is CCOC(=O)c1nc(F)cc(C(F)F)c1F. The van der Waals surface area contributed by atoms with Gasteiger partial charge in [0, 0.05) is 6.07 Å². The highest BCUT2D eigenvalue weighted by atomic mass is 19.3. The Hall–Kier alpha value is -1.66. The minimum absolute atomic E-state index is 0.0967. The number of rotatable bonds is 3. The molecule has 0 aliphatic carbocycles. The lowest BCUT2D eigenvalue weighted by Gasteiger charge is -2.06. The first kappa shape index (κ1) is 12.4. The predicted molar refractivity (Wildman–Crippen MR) is 45.1 cm³/mol. The molecule has 7 heteroatoms. The molecule has 1 aromatic heterocycles. The molecule has 0 unspecified atom stereocenters. The topological polar surface area (TPSA) is 39.2 Å². The van der Waals surface area contributed by atoms with E-state index in [1.54, 1.807) is 0 Å². The summed E-state index contributed by atoms with van der Waals surface area (Å²) in [7, 11) is 0. The molecule has 0 fully saturated rings. The maximum absolute atomic E-state index is 13.3. The summed E-state index contributed by atoms with van der Waals surface area (Å²) in [6.45, 7) is 1.34. The minimum Gasteiger partial charge on any atom is -0.461 e. The average Bonchev–Trinajstić information content (AvgIpc) is 2.20. The molecule has 0 spiro atoms. The van der Waals surface area contributed by atoms with E-state index in [4.69, 9.17) is 0 Å². The maximum atomic E-state index is 13.3. The van der Waals surface area contributed by atoms with E-state index in [1.165, 1.54) is 6.92 Å². The molecule has 0 amide bonds. The van der Waals surface area contributed by atoms with Crippen molar-refractivity contribution in [1.29, 1.82) is 0 Å². The third-order valence-electron chi connectivity index (χ3n) is 1.66. The molecule has 1 rings (SSSR count). The van der Waals surface area contributed by atoms with Crippen molar-refractivity contribution in [2.24, 2.45) is 0 Å². The van der Waals surface area contributed by atoms with Gasteiger partial charge in [-0.1, -0.05) is 0 Å². The number of aromatic nitrogens is 1. The van der Waals surface area contributed by atoms with Gasteiger partial charge in [0.15, 0.2) is 11.5 Å². The maximum Gasteiger partial charge on any atom is 0.360 e. The molecule has 0 aliphatic rings. The number of pyridine rings is 1. The van der Waals surface area contributed by atoms with Crippen molar-refractivity contribution in [3.8, 4) is 0 Å². The highest BCUT2D eigenvalue weighted by Crippen LogP contribution is 2.24. The standard InChI is InChI=1S/C9H7F4NO2/c1-2-16-9(15)7-6(11)4(8(12)13)3-5(10)14-7/h3,8H,2H2,1H3. The van der Waals surface area contributed by atoms with E-state index in [0.29, 0.717) is 0 Å². The second kappa shape index (κ2) is 4.91. The van der Waals surface area contributed by atoms with Gasteiger partial charge >= 0.3 is 5.97 Å². The molecule has 16 heavy (non-hydrogen) atoms. The van der Waals surface area contributed by atoms with E-state index >= 15 is 0 Å². The normalized spacial score (nSPS) is 10.6. The second-order valence-corrected chi connectivity index (χ2v) is 2.72. The summed E-state index contributed by atoms with van der Waals surface area (Å²) in [5.41, 5.74) is -2.28. The lowest BCUT2D eigenvalue weighted by atomic mass is 10.2. The smallest absolute Gasteiger partial charge is 0.360 e. The van der Waals surface area contributed by atoms with E-state index in [1.807, 2.05) is 0 Å². The van der Waals surface area contributed by atoms with Crippen LogP contribution in [0, 0.1) is 11.8 Å². The minimum atomic E-state index is -3.23. The number of ether oxygens (including phenoxy) is 1. The van der Waals surface area contributed by atoms with Gasteiger partial charge in [0.2, 0.25) is 5.95 Å². The van der Waals surface area contributed by atoms with Crippen LogP contribution in [0.25, 0.3) is 0 Å². The van der Waals surface area contributed by atoms with Gasteiger partial charge in [-0.2, -0.15) is 4.39 Å². The van der Waals surface area contributed by atoms with Crippen molar-refractivity contribution >= 4 is 5.97 Å². The second-order valence-electron chi connectivity index (χ2n) is 2.72. The van der Waals surface area contributed by atoms with E-state index < -0.39 is 35.4 Å². The molecule has 0 radical (unpaired) electrons. The number of halogens is 4. The van der Waals surface area contributed by atoms with Gasteiger partial charge in [-0.25, -0.2) is 22.9 Å². The molecule has 0 saturated carbocycles. The first-order valence-electron chi connectivity index (χ1n) is 4.28. The molecule has 1 aromatic rings. The summed E-state index contributed by atoms with van der Waals surface area (Å²) in [6, 6.07) is 0.239. The van der Waals surface area contributed by atoms with Crippen LogP contribution < -0.4 is 0 Å². The zero-order valence-corrected chi connectivity index (χ0v) is 8.14. The largest absolute Gasteiger partial charge is 0.461 e. The fourth-order valence-electron chi connectivity index (χ4n) is 1.01. The molecule has 1 heterocycles. The quantitative estimate of drug-likeness (QED) is 0.460. The van der Waals surface area contributed by atoms with E-state index in [2.05, 4.69) is 9.72 Å². The highest BCUT2D eigenvalue weighted by Gasteiger charge is 2.24. The lowest BCUT2D eigenvalue weighted by molar-refractivity contribution is 0.0510. The highest BCUT2D eigenvalue weighted by molar-refractivity contribution is 5.87. The first-order chi connectivity index (χ1) is 7.47. The molecule has 0 aromatic carbocycles. The van der Waals surface area contributed by atoms with Gasteiger partial charge in [0.1, 0.15) is 0 Å². The van der Waals surface area contributed by atoms with Crippen LogP contribution in [-0.4, -0.2) is 17.6 Å². The van der Waals surface area contributed by atoms with Gasteiger partial charge in [-0.05, 0) is 6.92 Å². The summed E-state index contributed by atoms with van der Waals surface area (Å²) < 4.78 is 54.9. The molecule has 3 nitrogen and oxygen atoms in total. The van der Waals surface area contributed by atoms with Crippen molar-refractivity contribution in [2.75, 3.05) is 6.61 Å². The number of esters is 1. The Bertz CT molecular complexity index is 409. The third kappa shape index (κ3) is 2.47. The third-order valence-corrected chi connectivity index (χ3v) is 1.66. The molecular weight excluding hydrogens is 230 g/mol. The van der Waals surface area contributed by atoms with Gasteiger partial charge in [0.25, 0.3) is 6.43 Å². The molecule has 88 valence electrons. The molecule has 0 atom stereocenters. The van der Waals surface area contributed by atoms with Crippen LogP contribution in [0.2, 0.25) is 0 Å². The zero-order valence-electron chi connectivity index (χ0n) is 8.14. The van der Waals surface area contributed by atoms with Crippen LogP contribution in [-0.2, 0) is 4.74 Å². The van der Waals surface area contributed by atoms with Gasteiger partial charge in [-0.15, -0.1) is 0 Å². The zero-order chi connectivity index (χ0) is 12.3. The fourth-order valence-corrected chi connectivity index (χ4v) is 1.01. The summed E-state index contributed by atoms with van der Waals surface area (Å²) >= 11 is 0. The van der Waals surface area contributed by atoms with Crippen LogP contribution in [0.15, 0.2) is 6.07 Å². The molecule has 0 saturated heterocycles. The van der Waals surface area contributed by atoms with Gasteiger partial charge in [0.05, 0.1) is 12.2 Å². The van der Waals surface area contributed by atoms with E-state index in [9.17, 15) is 22.4 Å². The van der Waals surface area contributed by atoms with Crippen LogP contribution in [0.3, 0.4) is 0 Å². The van der Waals surface area contributed by atoms with E-state index in [0.717, 1.165) is 0 Å². The van der Waals surface area contributed by atoms with Crippen molar-refractivity contribution in [1.82, 2.24) is 4.98 Å². The van der Waals surface area contributed by atoms with Crippen molar-refractivity contribution in [3.63, 3.8) is 0 Å². The summed E-state index contributed by atoms with van der Waals surface area (Å²) in [4.78, 5) is 13.9. The monoisotopic (exact) mass is 237 g/mol. The Balaban J connectivity index is 3.24. The Morgan fingerprint density at radius 1 is 1.50 bits per heavy atom. The number of hydrogen-bond donors (Lipinski definition) is 0. The van der Waals surface area contributed by atoms with Crippen molar-refractivity contribution in [3.05, 3.63) is 29.1 Å². The first-order valence-corrected chi connectivity index (χ1v) is 4.28. The van der Waals surface area contributed by atoms with Crippen LogP contribution in [0.5, 0.6) is 0 Å². The Kier molecular flexibility index (Phi) is 3.81. The number of hydrogen-bond acceptors (Lipinski definition) is 3. The van der Waals surface area contributed by atoms with Crippen molar-refractivity contribution in [2.45, 2.75) is 13.3 Å². The van der Waals surface area contributed by atoms with Crippen molar-refractivity contribution < 1.29 is 27.1 Å². The van der Waals surface area contributed by atoms with E-state index in [-0.39, 0.29) is 12.7 Å². The van der Waals surface area contributed by atoms with Crippen LogP contribution >= 0.6 is 0 Å². The lowest BCUT2D eigenvalue weighted by Crippen LogP contribution is -2.13. The fraction of sp³-hybridized carbons (Fsp3) is 0.333. The van der Waals surface area contributed by atoms with Gasteiger partial charge < -0.3 is 4.74 Å². The average molecular weight is 237 g/mol. The predicted octanol–water partition coefficient (Wildman–Crippen LogP) is 2.47. The Morgan fingerprint density at radius 3 is 2.62 bits per heavy atom. The number of carbonyl (C=O) groups is 1. The summed E-state index contributed by atoms with van der Waals surface area (Å²) in [5.74, 6) is -4.20. The number of carbonyl (C=O) groups excluding carboxylic acids is 1. The molecule has 0 aliphatic heterocycles. The Morgan fingerprint density at radius 2 is 2.12 bits per heavy atom. The molecule has 0 N–H and O–H groups in total. The summed E-state index contributed by atoms with van der Waals surface area (Å²) in [6.07, 6.45) is -3.23. The summed E-state index contributed by atoms with van der Waals surface area (Å²) in [5, 5.41) is 0. The van der Waals surface area contributed by atoms with Gasteiger partial charge in [-0.3, -0.25) is 0 Å². The number of alkyl halides is 2. The molecule has 0 bridgehead atoms. The number of nitrogens with zero attached hydrogens (tertiary/aromatic N) is 1. The molecular formula is C9H7F4NO2. The Labute approximate surface area is 88.0 Å². The van der Waals surface area contributed by atoms with Crippen LogP contribution in [0.1, 0.15) is 29.4 Å².